The molecule has 4 aromatic rings. The Bertz CT molecular complexity index is 1380. The van der Waals surface area contributed by atoms with Crippen LogP contribution >= 0.6 is 11.6 Å². The van der Waals surface area contributed by atoms with Crippen molar-refractivity contribution in [2.45, 2.75) is 13.0 Å². The highest BCUT2D eigenvalue weighted by Gasteiger charge is 2.15. The summed E-state index contributed by atoms with van der Waals surface area (Å²) in [7, 11) is 0. The number of halogens is 1. The van der Waals surface area contributed by atoms with Crippen LogP contribution in [0.5, 0.6) is 0 Å². The number of furan rings is 1. The van der Waals surface area contributed by atoms with E-state index in [2.05, 4.69) is 16.0 Å². The maximum atomic E-state index is 13.1. The third-order valence-corrected chi connectivity index (χ3v) is 5.58. The number of hydrogen-bond acceptors (Lipinski definition) is 4. The normalized spacial score (nSPS) is 11.0. The van der Waals surface area contributed by atoms with Crippen LogP contribution in [0.4, 0.5) is 5.69 Å². The van der Waals surface area contributed by atoms with Crippen molar-refractivity contribution in [3.63, 3.8) is 0 Å². The summed E-state index contributed by atoms with van der Waals surface area (Å²) < 4.78 is 5.21. The first kappa shape index (κ1) is 25.5. The second kappa shape index (κ2) is 12.4. The smallest absolute Gasteiger partial charge is 0.272 e. The summed E-state index contributed by atoms with van der Waals surface area (Å²) in [5.41, 5.74) is 2.48. The van der Waals surface area contributed by atoms with Gasteiger partial charge in [-0.3, -0.25) is 14.4 Å². The van der Waals surface area contributed by atoms with E-state index in [9.17, 15) is 14.4 Å². The fourth-order valence-electron chi connectivity index (χ4n) is 3.42. The minimum absolute atomic E-state index is 0.0672. The van der Waals surface area contributed by atoms with Gasteiger partial charge in [0, 0.05) is 16.3 Å². The zero-order chi connectivity index (χ0) is 26.0. The molecular weight excluding hydrogens is 490 g/mol. The highest BCUT2D eigenvalue weighted by molar-refractivity contribution is 6.30. The van der Waals surface area contributed by atoms with E-state index in [-0.39, 0.29) is 18.0 Å². The van der Waals surface area contributed by atoms with Crippen LogP contribution in [0.15, 0.2) is 107 Å². The van der Waals surface area contributed by atoms with Crippen LogP contribution in [0.1, 0.15) is 27.2 Å². The van der Waals surface area contributed by atoms with Crippen LogP contribution < -0.4 is 16.0 Å². The third kappa shape index (κ3) is 7.68. The van der Waals surface area contributed by atoms with E-state index >= 15 is 0 Å². The first-order chi connectivity index (χ1) is 18.0. The Labute approximate surface area is 219 Å². The second-order valence-corrected chi connectivity index (χ2v) is 8.55. The van der Waals surface area contributed by atoms with Crippen LogP contribution in [0, 0.1) is 0 Å². The molecule has 7 nitrogen and oxygen atoms in total. The van der Waals surface area contributed by atoms with E-state index in [1.807, 2.05) is 0 Å². The first-order valence-electron chi connectivity index (χ1n) is 11.5. The van der Waals surface area contributed by atoms with Gasteiger partial charge in [0.1, 0.15) is 11.5 Å². The molecule has 37 heavy (non-hydrogen) atoms. The SMILES string of the molecule is O=C(Cc1ccc(NC(=O)C(=Cc2ccc(Cl)cc2)NC(=O)c2ccccc2)cc1)NCc1ccco1. The van der Waals surface area contributed by atoms with Crippen molar-refractivity contribution in [3.8, 4) is 0 Å². The van der Waals surface area contributed by atoms with Gasteiger partial charge in [-0.1, -0.05) is 54.1 Å². The number of anilines is 1. The summed E-state index contributed by atoms with van der Waals surface area (Å²) in [6.45, 7) is 0.317. The van der Waals surface area contributed by atoms with Crippen molar-refractivity contribution in [1.29, 1.82) is 0 Å². The first-order valence-corrected chi connectivity index (χ1v) is 11.9. The molecule has 186 valence electrons. The lowest BCUT2D eigenvalue weighted by Crippen LogP contribution is -2.30. The molecule has 3 amide bonds. The van der Waals surface area contributed by atoms with Crippen LogP contribution in [0.3, 0.4) is 0 Å². The van der Waals surface area contributed by atoms with Crippen LogP contribution in [-0.2, 0) is 22.6 Å². The maximum absolute atomic E-state index is 13.1. The van der Waals surface area contributed by atoms with E-state index < -0.39 is 11.8 Å². The van der Waals surface area contributed by atoms with Gasteiger partial charge < -0.3 is 20.4 Å². The molecule has 3 aromatic carbocycles. The molecule has 0 bridgehead atoms. The van der Waals surface area contributed by atoms with Crippen molar-refractivity contribution >= 4 is 41.1 Å². The molecule has 0 unspecified atom stereocenters. The summed E-state index contributed by atoms with van der Waals surface area (Å²) in [5.74, 6) is -0.381. The Balaban J connectivity index is 1.42. The van der Waals surface area contributed by atoms with Gasteiger partial charge in [0.2, 0.25) is 5.91 Å². The number of nitrogens with one attached hydrogen (secondary N) is 3. The average molecular weight is 514 g/mol. The average Bonchev–Trinajstić information content (AvgIpc) is 3.44. The summed E-state index contributed by atoms with van der Waals surface area (Å²) in [4.78, 5) is 38.0. The molecule has 3 N–H and O–H groups in total. The van der Waals surface area contributed by atoms with Gasteiger partial charge in [0.15, 0.2) is 0 Å². The zero-order valence-electron chi connectivity index (χ0n) is 19.7. The van der Waals surface area contributed by atoms with E-state index in [4.69, 9.17) is 16.0 Å². The Morgan fingerprint density at radius 1 is 0.838 bits per heavy atom. The third-order valence-electron chi connectivity index (χ3n) is 5.33. The lowest BCUT2D eigenvalue weighted by Gasteiger charge is -2.12. The molecule has 0 aliphatic rings. The molecule has 0 aliphatic carbocycles. The highest BCUT2D eigenvalue weighted by atomic mass is 35.5. The summed E-state index contributed by atoms with van der Waals surface area (Å²) in [6, 6.07) is 26.0. The number of hydrogen-bond donors (Lipinski definition) is 3. The molecule has 0 atom stereocenters. The molecule has 1 aromatic heterocycles. The minimum Gasteiger partial charge on any atom is -0.467 e. The fraction of sp³-hybridized carbons (Fsp3) is 0.0690. The molecule has 0 fully saturated rings. The van der Waals surface area contributed by atoms with Gasteiger partial charge in [-0.15, -0.1) is 0 Å². The van der Waals surface area contributed by atoms with Gasteiger partial charge in [0.25, 0.3) is 11.8 Å². The van der Waals surface area contributed by atoms with Crippen molar-refractivity contribution in [2.24, 2.45) is 0 Å². The van der Waals surface area contributed by atoms with E-state index in [1.54, 1.807) is 103 Å². The Kier molecular flexibility index (Phi) is 8.52. The van der Waals surface area contributed by atoms with E-state index in [0.717, 1.165) is 5.56 Å². The summed E-state index contributed by atoms with van der Waals surface area (Å²) in [6.07, 6.45) is 3.31. The van der Waals surface area contributed by atoms with E-state index in [0.29, 0.717) is 34.1 Å². The number of rotatable bonds is 9. The van der Waals surface area contributed by atoms with Gasteiger partial charge >= 0.3 is 0 Å². The number of carbonyl (C=O) groups is 3. The largest absolute Gasteiger partial charge is 0.467 e. The monoisotopic (exact) mass is 513 g/mol. The molecule has 4 rings (SSSR count). The topological polar surface area (TPSA) is 100 Å². The predicted molar refractivity (Wildman–Crippen MR) is 143 cm³/mol. The quantitative estimate of drug-likeness (QED) is 0.268. The molecule has 0 saturated heterocycles. The van der Waals surface area contributed by atoms with Gasteiger partial charge in [-0.2, -0.15) is 0 Å². The molecule has 0 radical (unpaired) electrons. The standard InChI is InChI=1S/C29H24ClN3O4/c30-23-12-8-20(9-13-23)17-26(33-28(35)22-5-2-1-3-6-22)29(36)32-24-14-10-21(11-15-24)18-27(34)31-19-25-7-4-16-37-25/h1-17H,18-19H2,(H,31,34)(H,32,36)(H,33,35). The van der Waals surface area contributed by atoms with Gasteiger partial charge in [-0.05, 0) is 65.7 Å². The van der Waals surface area contributed by atoms with Crippen molar-refractivity contribution in [3.05, 3.63) is 130 Å². The molecule has 0 spiro atoms. The maximum Gasteiger partial charge on any atom is 0.272 e. The van der Waals surface area contributed by atoms with Crippen molar-refractivity contribution < 1.29 is 18.8 Å². The minimum atomic E-state index is -0.497. The van der Waals surface area contributed by atoms with Crippen molar-refractivity contribution in [1.82, 2.24) is 10.6 Å². The molecular formula is C29H24ClN3O4. The van der Waals surface area contributed by atoms with Crippen LogP contribution in [0.2, 0.25) is 5.02 Å². The van der Waals surface area contributed by atoms with Crippen LogP contribution in [-0.4, -0.2) is 17.7 Å². The van der Waals surface area contributed by atoms with Gasteiger partial charge in [-0.25, -0.2) is 0 Å². The number of benzene rings is 3. The molecule has 0 saturated carbocycles. The van der Waals surface area contributed by atoms with Gasteiger partial charge in [0.05, 0.1) is 19.2 Å². The molecule has 1 heterocycles. The predicted octanol–water partition coefficient (Wildman–Crippen LogP) is 5.20. The lowest BCUT2D eigenvalue weighted by atomic mass is 10.1. The second-order valence-electron chi connectivity index (χ2n) is 8.11. The Morgan fingerprint density at radius 3 is 2.24 bits per heavy atom. The summed E-state index contributed by atoms with van der Waals surface area (Å²) >= 11 is 5.97. The number of carbonyl (C=O) groups excluding carboxylic acids is 3. The van der Waals surface area contributed by atoms with Crippen LogP contribution in [0.25, 0.3) is 6.08 Å². The highest BCUT2D eigenvalue weighted by Crippen LogP contribution is 2.15. The fourth-order valence-corrected chi connectivity index (χ4v) is 3.55. The molecule has 8 heteroatoms. The zero-order valence-corrected chi connectivity index (χ0v) is 20.5. The Hall–Kier alpha value is -4.62. The van der Waals surface area contributed by atoms with E-state index in [1.165, 1.54) is 0 Å². The lowest BCUT2D eigenvalue weighted by molar-refractivity contribution is -0.120. The van der Waals surface area contributed by atoms with Crippen molar-refractivity contribution in [2.75, 3.05) is 5.32 Å². The molecule has 0 aliphatic heterocycles. The summed E-state index contributed by atoms with van der Waals surface area (Å²) in [5, 5.41) is 8.85. The number of amides is 3. The Morgan fingerprint density at radius 2 is 1.57 bits per heavy atom.